The predicted octanol–water partition coefficient (Wildman–Crippen LogP) is 2.45. The Kier molecular flexibility index (Phi) is 7.12. The molecule has 0 unspecified atom stereocenters. The highest BCUT2D eigenvalue weighted by molar-refractivity contribution is 7.89. The van der Waals surface area contributed by atoms with Crippen LogP contribution >= 0.6 is 0 Å². The van der Waals surface area contributed by atoms with Crippen LogP contribution in [0.15, 0.2) is 23.1 Å². The number of carbonyl (C=O) groups excluding carboxylic acids is 1. The van der Waals surface area contributed by atoms with E-state index in [-0.39, 0.29) is 18.5 Å². The number of aryl methyl sites for hydroxylation is 2. The molecule has 3 rings (SSSR count). The number of nitrogens with zero attached hydrogens (tertiary/aromatic N) is 2. The summed E-state index contributed by atoms with van der Waals surface area (Å²) in [4.78, 5) is 15.1. The van der Waals surface area contributed by atoms with Gasteiger partial charge in [-0.05, 0) is 43.9 Å². The zero-order valence-corrected chi connectivity index (χ0v) is 17.9. The fourth-order valence-electron chi connectivity index (χ4n) is 4.22. The van der Waals surface area contributed by atoms with E-state index in [1.165, 1.54) is 4.31 Å². The van der Waals surface area contributed by atoms with Gasteiger partial charge in [0.05, 0.1) is 11.4 Å². The highest BCUT2D eigenvalue weighted by Gasteiger charge is 2.35. The first-order valence-electron chi connectivity index (χ1n) is 10.5. The van der Waals surface area contributed by atoms with E-state index in [9.17, 15) is 13.2 Å². The number of piperazine rings is 1. The van der Waals surface area contributed by atoms with E-state index in [0.29, 0.717) is 18.0 Å². The van der Waals surface area contributed by atoms with Crippen LogP contribution in [-0.4, -0.2) is 62.3 Å². The van der Waals surface area contributed by atoms with Crippen LogP contribution in [0.4, 0.5) is 0 Å². The van der Waals surface area contributed by atoms with Gasteiger partial charge in [-0.25, -0.2) is 8.42 Å². The molecule has 156 valence electrons. The molecule has 1 aliphatic heterocycles. The fourth-order valence-corrected chi connectivity index (χ4v) is 6.16. The maximum absolute atomic E-state index is 13.7. The molecule has 0 bridgehead atoms. The number of hydrogen-bond donors (Lipinski definition) is 1. The molecule has 1 heterocycles. The molecule has 2 fully saturated rings. The number of nitrogens with one attached hydrogen (secondary N) is 1. The van der Waals surface area contributed by atoms with Gasteiger partial charge in [-0.15, -0.1) is 0 Å². The van der Waals surface area contributed by atoms with Crippen LogP contribution in [0, 0.1) is 13.8 Å². The van der Waals surface area contributed by atoms with Gasteiger partial charge in [0.1, 0.15) is 0 Å². The van der Waals surface area contributed by atoms with Crippen molar-refractivity contribution in [3.63, 3.8) is 0 Å². The van der Waals surface area contributed by atoms with Gasteiger partial charge in [-0.3, -0.25) is 4.79 Å². The molecule has 0 aromatic heterocycles. The second-order valence-electron chi connectivity index (χ2n) is 8.10. The van der Waals surface area contributed by atoms with Crippen molar-refractivity contribution < 1.29 is 13.2 Å². The summed E-state index contributed by atoms with van der Waals surface area (Å²) < 4.78 is 28.9. The Bertz CT molecular complexity index is 780. The number of rotatable bonds is 5. The van der Waals surface area contributed by atoms with Crippen molar-refractivity contribution >= 4 is 15.9 Å². The minimum absolute atomic E-state index is 0.0552. The SMILES string of the molecule is Cc1ccc(C)c(S(=O)(=O)N(CC(=O)N2CCNCC2)C2CCCCCC2)c1. The molecule has 0 atom stereocenters. The summed E-state index contributed by atoms with van der Waals surface area (Å²) >= 11 is 0. The number of hydrogen-bond acceptors (Lipinski definition) is 4. The Balaban J connectivity index is 1.92. The standard InChI is InChI=1S/C21H33N3O3S/c1-17-9-10-18(2)20(15-17)28(26,27)24(19-7-5-3-4-6-8-19)16-21(25)23-13-11-22-12-14-23/h9-10,15,19,22H,3-8,11-14,16H2,1-2H3. The number of amides is 1. The van der Waals surface area contributed by atoms with Crippen LogP contribution in [-0.2, 0) is 14.8 Å². The lowest BCUT2D eigenvalue weighted by molar-refractivity contribution is -0.132. The third-order valence-electron chi connectivity index (χ3n) is 5.92. The number of carbonyl (C=O) groups is 1. The minimum Gasteiger partial charge on any atom is -0.339 e. The van der Waals surface area contributed by atoms with Crippen LogP contribution in [0.5, 0.6) is 0 Å². The molecule has 1 amide bonds. The maximum atomic E-state index is 13.7. The molecule has 28 heavy (non-hydrogen) atoms. The average molecular weight is 408 g/mol. The molecular formula is C21H33N3O3S. The third kappa shape index (κ3) is 4.93. The van der Waals surface area contributed by atoms with Gasteiger partial charge in [0, 0.05) is 32.2 Å². The molecule has 1 aromatic carbocycles. The van der Waals surface area contributed by atoms with Crippen molar-refractivity contribution in [1.29, 1.82) is 0 Å². The molecular weight excluding hydrogens is 374 g/mol. The minimum atomic E-state index is -3.73. The van der Waals surface area contributed by atoms with E-state index in [0.717, 1.165) is 62.7 Å². The van der Waals surface area contributed by atoms with Crippen molar-refractivity contribution in [3.8, 4) is 0 Å². The number of benzene rings is 1. The van der Waals surface area contributed by atoms with E-state index >= 15 is 0 Å². The topological polar surface area (TPSA) is 69.7 Å². The summed E-state index contributed by atoms with van der Waals surface area (Å²) in [6.45, 7) is 6.48. The zero-order valence-electron chi connectivity index (χ0n) is 17.1. The lowest BCUT2D eigenvalue weighted by atomic mass is 10.1. The molecule has 1 saturated carbocycles. The number of sulfonamides is 1. The molecule has 1 saturated heterocycles. The van der Waals surface area contributed by atoms with Crippen molar-refractivity contribution in [2.75, 3.05) is 32.7 Å². The van der Waals surface area contributed by atoms with Gasteiger partial charge in [0.15, 0.2) is 0 Å². The predicted molar refractivity (Wildman–Crippen MR) is 111 cm³/mol. The zero-order chi connectivity index (χ0) is 20.1. The molecule has 1 aliphatic carbocycles. The quantitative estimate of drug-likeness (QED) is 0.761. The summed E-state index contributed by atoms with van der Waals surface area (Å²) in [6.07, 6.45) is 5.98. The van der Waals surface area contributed by atoms with E-state index in [4.69, 9.17) is 0 Å². The normalized spacial score (nSPS) is 19.6. The third-order valence-corrected chi connectivity index (χ3v) is 7.96. The highest BCUT2D eigenvalue weighted by Crippen LogP contribution is 2.29. The first-order valence-corrected chi connectivity index (χ1v) is 11.9. The summed E-state index contributed by atoms with van der Waals surface area (Å²) in [5.74, 6) is -0.0837. The van der Waals surface area contributed by atoms with Crippen LogP contribution < -0.4 is 5.32 Å². The van der Waals surface area contributed by atoms with Gasteiger partial charge < -0.3 is 10.2 Å². The summed E-state index contributed by atoms with van der Waals surface area (Å²) in [7, 11) is -3.73. The van der Waals surface area contributed by atoms with Crippen molar-refractivity contribution in [3.05, 3.63) is 29.3 Å². The smallest absolute Gasteiger partial charge is 0.244 e. The Hall–Kier alpha value is -1.44. The van der Waals surface area contributed by atoms with Gasteiger partial charge in [-0.1, -0.05) is 37.8 Å². The molecule has 6 nitrogen and oxygen atoms in total. The monoisotopic (exact) mass is 407 g/mol. The second kappa shape index (κ2) is 9.37. The van der Waals surface area contributed by atoms with Gasteiger partial charge in [0.25, 0.3) is 0 Å². The Morgan fingerprint density at radius 3 is 2.39 bits per heavy atom. The molecule has 1 aromatic rings. The molecule has 2 aliphatic rings. The van der Waals surface area contributed by atoms with Crippen molar-refractivity contribution in [1.82, 2.24) is 14.5 Å². The van der Waals surface area contributed by atoms with Crippen molar-refractivity contribution in [2.45, 2.75) is 63.3 Å². The maximum Gasteiger partial charge on any atom is 0.244 e. The van der Waals surface area contributed by atoms with Crippen LogP contribution in [0.1, 0.15) is 49.7 Å². The van der Waals surface area contributed by atoms with Crippen LogP contribution in [0.25, 0.3) is 0 Å². The summed E-state index contributed by atoms with van der Waals surface area (Å²) in [6, 6.07) is 5.42. The first kappa shape index (κ1) is 21.3. The van der Waals surface area contributed by atoms with E-state index in [1.54, 1.807) is 11.0 Å². The first-order chi connectivity index (χ1) is 13.4. The fraction of sp³-hybridized carbons (Fsp3) is 0.667. The Morgan fingerprint density at radius 2 is 1.75 bits per heavy atom. The average Bonchev–Trinajstić information content (AvgIpc) is 2.97. The highest BCUT2D eigenvalue weighted by atomic mass is 32.2. The molecule has 1 N–H and O–H groups in total. The van der Waals surface area contributed by atoms with Crippen molar-refractivity contribution in [2.24, 2.45) is 0 Å². The lowest BCUT2D eigenvalue weighted by Crippen LogP contribution is -2.52. The lowest BCUT2D eigenvalue weighted by Gasteiger charge is -2.34. The summed E-state index contributed by atoms with van der Waals surface area (Å²) in [5.41, 5.74) is 1.65. The van der Waals surface area contributed by atoms with E-state index < -0.39 is 10.0 Å². The van der Waals surface area contributed by atoms with E-state index in [2.05, 4.69) is 5.32 Å². The van der Waals surface area contributed by atoms with Crippen LogP contribution in [0.2, 0.25) is 0 Å². The van der Waals surface area contributed by atoms with Gasteiger partial charge >= 0.3 is 0 Å². The largest absolute Gasteiger partial charge is 0.339 e. The van der Waals surface area contributed by atoms with Crippen LogP contribution in [0.3, 0.4) is 0 Å². The molecule has 7 heteroatoms. The van der Waals surface area contributed by atoms with Gasteiger partial charge in [0.2, 0.25) is 15.9 Å². The van der Waals surface area contributed by atoms with Gasteiger partial charge in [-0.2, -0.15) is 4.31 Å². The molecule has 0 radical (unpaired) electrons. The Morgan fingerprint density at radius 1 is 1.11 bits per heavy atom. The van der Waals surface area contributed by atoms with E-state index in [1.807, 2.05) is 26.0 Å². The summed E-state index contributed by atoms with van der Waals surface area (Å²) in [5, 5.41) is 3.24. The molecule has 0 spiro atoms. The second-order valence-corrected chi connectivity index (χ2v) is 9.95. The Labute approximate surface area is 169 Å².